The van der Waals surface area contributed by atoms with Crippen LogP contribution >= 0.6 is 11.6 Å². The molecule has 1 heterocycles. The van der Waals surface area contributed by atoms with Gasteiger partial charge in [0.2, 0.25) is 0 Å². The van der Waals surface area contributed by atoms with Gasteiger partial charge in [-0.2, -0.15) is 0 Å². The molecule has 1 aliphatic rings. The topological polar surface area (TPSA) is 66.8 Å². The van der Waals surface area contributed by atoms with Gasteiger partial charge in [0.25, 0.3) is 0 Å². The summed E-state index contributed by atoms with van der Waals surface area (Å²) in [6, 6.07) is 6.65. The minimum absolute atomic E-state index is 0.0714. The van der Waals surface area contributed by atoms with E-state index in [4.69, 9.17) is 16.3 Å². The van der Waals surface area contributed by atoms with Gasteiger partial charge >= 0.3 is 12.1 Å². The fourth-order valence-corrected chi connectivity index (χ4v) is 3.04. The van der Waals surface area contributed by atoms with Crippen molar-refractivity contribution in [3.05, 3.63) is 34.9 Å². The van der Waals surface area contributed by atoms with Crippen LogP contribution in [-0.2, 0) is 16.0 Å². The summed E-state index contributed by atoms with van der Waals surface area (Å²) in [5.41, 5.74) is 0.392. The standard InChI is InChI=1S/C17H22ClNO4/c1-17(2,3)23-16(22)19-10-12(9-14(19)15(20)21)7-11-5-4-6-13(18)8-11/h4-6,8,12,14H,7,9-10H2,1-3H3,(H,20,21)/t12-,14+/m0/s1. The number of likely N-dealkylation sites (tertiary alicyclic amines) is 1. The largest absolute Gasteiger partial charge is 0.480 e. The minimum atomic E-state index is -0.996. The third-order valence-corrected chi connectivity index (χ3v) is 3.95. The normalized spacial score (nSPS) is 21.3. The molecule has 0 aliphatic carbocycles. The van der Waals surface area contributed by atoms with Crippen LogP contribution in [0.25, 0.3) is 0 Å². The number of rotatable bonds is 3. The lowest BCUT2D eigenvalue weighted by atomic mass is 9.97. The summed E-state index contributed by atoms with van der Waals surface area (Å²) in [6.45, 7) is 5.67. The van der Waals surface area contributed by atoms with Gasteiger partial charge in [0, 0.05) is 11.6 Å². The Morgan fingerprint density at radius 2 is 2.09 bits per heavy atom. The van der Waals surface area contributed by atoms with Crippen molar-refractivity contribution < 1.29 is 19.4 Å². The number of aliphatic carboxylic acids is 1. The maximum absolute atomic E-state index is 12.2. The number of halogens is 1. The molecule has 23 heavy (non-hydrogen) atoms. The first-order valence-electron chi connectivity index (χ1n) is 7.62. The Bertz CT molecular complexity index is 597. The second-order valence-electron chi connectivity index (χ2n) is 6.92. The van der Waals surface area contributed by atoms with Crippen molar-refractivity contribution in [3.8, 4) is 0 Å². The average molecular weight is 340 g/mol. The smallest absolute Gasteiger partial charge is 0.411 e. The summed E-state index contributed by atoms with van der Waals surface area (Å²) < 4.78 is 5.32. The van der Waals surface area contributed by atoms with Crippen molar-refractivity contribution in [3.63, 3.8) is 0 Å². The molecule has 0 bridgehead atoms. The lowest BCUT2D eigenvalue weighted by molar-refractivity contribution is -0.142. The van der Waals surface area contributed by atoms with E-state index in [2.05, 4.69) is 0 Å². The van der Waals surface area contributed by atoms with Crippen molar-refractivity contribution in [1.29, 1.82) is 0 Å². The molecule has 1 aliphatic heterocycles. The van der Waals surface area contributed by atoms with E-state index in [0.29, 0.717) is 24.4 Å². The molecule has 2 atom stereocenters. The van der Waals surface area contributed by atoms with Crippen molar-refractivity contribution in [2.24, 2.45) is 5.92 Å². The Hall–Kier alpha value is -1.75. The minimum Gasteiger partial charge on any atom is -0.480 e. The van der Waals surface area contributed by atoms with Crippen LogP contribution in [-0.4, -0.2) is 40.3 Å². The highest BCUT2D eigenvalue weighted by molar-refractivity contribution is 6.30. The summed E-state index contributed by atoms with van der Waals surface area (Å²) in [5, 5.41) is 10.0. The molecule has 0 aromatic heterocycles. The number of carbonyl (C=O) groups is 2. The molecule has 0 unspecified atom stereocenters. The third kappa shape index (κ3) is 4.86. The zero-order chi connectivity index (χ0) is 17.2. The number of carboxylic acid groups (broad SMARTS) is 1. The first-order valence-corrected chi connectivity index (χ1v) is 8.00. The molecule has 1 aromatic carbocycles. The number of nitrogens with zero attached hydrogens (tertiary/aromatic N) is 1. The summed E-state index contributed by atoms with van der Waals surface area (Å²) in [4.78, 5) is 25.0. The third-order valence-electron chi connectivity index (χ3n) is 3.71. The van der Waals surface area contributed by atoms with Crippen LogP contribution in [0.15, 0.2) is 24.3 Å². The molecule has 2 rings (SSSR count). The van der Waals surface area contributed by atoms with E-state index < -0.39 is 23.7 Å². The molecule has 1 saturated heterocycles. The predicted octanol–water partition coefficient (Wildman–Crippen LogP) is 3.59. The van der Waals surface area contributed by atoms with Crippen molar-refractivity contribution in [2.45, 2.75) is 45.3 Å². The first-order chi connectivity index (χ1) is 10.7. The van der Waals surface area contributed by atoms with Crippen LogP contribution in [0.2, 0.25) is 5.02 Å². The molecule has 1 fully saturated rings. The zero-order valence-corrected chi connectivity index (χ0v) is 14.3. The van der Waals surface area contributed by atoms with E-state index in [-0.39, 0.29) is 5.92 Å². The Kier molecular flexibility index (Phi) is 5.19. The Morgan fingerprint density at radius 3 is 2.65 bits per heavy atom. The van der Waals surface area contributed by atoms with Gasteiger partial charge in [-0.05, 0) is 57.2 Å². The zero-order valence-electron chi connectivity index (χ0n) is 13.6. The Morgan fingerprint density at radius 1 is 1.39 bits per heavy atom. The van der Waals surface area contributed by atoms with Gasteiger partial charge in [-0.3, -0.25) is 4.90 Å². The summed E-state index contributed by atoms with van der Waals surface area (Å²) >= 11 is 5.98. The molecule has 1 aromatic rings. The molecule has 1 amide bonds. The van der Waals surface area contributed by atoms with Crippen molar-refractivity contribution in [1.82, 2.24) is 4.90 Å². The van der Waals surface area contributed by atoms with Gasteiger partial charge in [-0.1, -0.05) is 23.7 Å². The summed E-state index contributed by atoms with van der Waals surface area (Å²) in [6.07, 6.45) is 0.531. The quantitative estimate of drug-likeness (QED) is 0.913. The highest BCUT2D eigenvalue weighted by Crippen LogP contribution is 2.29. The van der Waals surface area contributed by atoms with Crippen LogP contribution in [0.5, 0.6) is 0 Å². The van der Waals surface area contributed by atoms with Gasteiger partial charge in [-0.15, -0.1) is 0 Å². The number of carboxylic acids is 1. The maximum Gasteiger partial charge on any atom is 0.411 e. The molecular formula is C17H22ClNO4. The van der Waals surface area contributed by atoms with Crippen LogP contribution in [0, 0.1) is 5.92 Å². The van der Waals surface area contributed by atoms with E-state index in [1.807, 2.05) is 18.2 Å². The lowest BCUT2D eigenvalue weighted by Gasteiger charge is -2.26. The van der Waals surface area contributed by atoms with E-state index in [0.717, 1.165) is 5.56 Å². The number of ether oxygens (including phenoxy) is 1. The van der Waals surface area contributed by atoms with Gasteiger partial charge in [0.15, 0.2) is 0 Å². The molecule has 6 heteroatoms. The Labute approximate surface area is 141 Å². The van der Waals surface area contributed by atoms with E-state index >= 15 is 0 Å². The first kappa shape index (κ1) is 17.6. The monoisotopic (exact) mass is 339 g/mol. The second-order valence-corrected chi connectivity index (χ2v) is 7.36. The predicted molar refractivity (Wildman–Crippen MR) is 87.6 cm³/mol. The molecule has 0 saturated carbocycles. The number of amides is 1. The van der Waals surface area contributed by atoms with Gasteiger partial charge < -0.3 is 9.84 Å². The van der Waals surface area contributed by atoms with Crippen LogP contribution < -0.4 is 0 Å². The van der Waals surface area contributed by atoms with Crippen molar-refractivity contribution >= 4 is 23.7 Å². The summed E-state index contributed by atoms with van der Waals surface area (Å²) in [7, 11) is 0. The van der Waals surface area contributed by atoms with E-state index in [1.165, 1.54) is 4.90 Å². The van der Waals surface area contributed by atoms with Gasteiger partial charge in [-0.25, -0.2) is 9.59 Å². The number of hydrogen-bond donors (Lipinski definition) is 1. The van der Waals surface area contributed by atoms with E-state index in [1.54, 1.807) is 26.8 Å². The highest BCUT2D eigenvalue weighted by Gasteiger charge is 2.41. The lowest BCUT2D eigenvalue weighted by Crippen LogP contribution is -2.43. The fourth-order valence-electron chi connectivity index (χ4n) is 2.82. The molecule has 126 valence electrons. The number of carbonyl (C=O) groups excluding carboxylic acids is 1. The maximum atomic E-state index is 12.2. The van der Waals surface area contributed by atoms with Gasteiger partial charge in [0.1, 0.15) is 11.6 Å². The van der Waals surface area contributed by atoms with Gasteiger partial charge in [0.05, 0.1) is 0 Å². The second kappa shape index (κ2) is 6.79. The highest BCUT2D eigenvalue weighted by atomic mass is 35.5. The summed E-state index contributed by atoms with van der Waals surface area (Å²) in [5.74, 6) is -0.925. The SMILES string of the molecule is CC(C)(C)OC(=O)N1C[C@@H](Cc2cccc(Cl)c2)C[C@@H]1C(=O)O. The number of hydrogen-bond acceptors (Lipinski definition) is 3. The molecule has 1 N–H and O–H groups in total. The molecule has 5 nitrogen and oxygen atoms in total. The number of benzene rings is 1. The molecule has 0 spiro atoms. The van der Waals surface area contributed by atoms with Crippen LogP contribution in [0.1, 0.15) is 32.8 Å². The Balaban J connectivity index is 2.08. The molecular weight excluding hydrogens is 318 g/mol. The van der Waals surface area contributed by atoms with Crippen LogP contribution in [0.3, 0.4) is 0 Å². The fraction of sp³-hybridized carbons (Fsp3) is 0.529. The van der Waals surface area contributed by atoms with Crippen molar-refractivity contribution in [2.75, 3.05) is 6.54 Å². The molecule has 0 radical (unpaired) electrons. The van der Waals surface area contributed by atoms with Crippen LogP contribution in [0.4, 0.5) is 4.79 Å². The average Bonchev–Trinajstić information content (AvgIpc) is 2.81. The van der Waals surface area contributed by atoms with E-state index in [9.17, 15) is 14.7 Å².